The Hall–Kier alpha value is -3.06. The van der Waals surface area contributed by atoms with E-state index in [9.17, 15) is 9.59 Å². The van der Waals surface area contributed by atoms with Crippen molar-refractivity contribution in [3.05, 3.63) is 52.9 Å². The fourth-order valence-electron chi connectivity index (χ4n) is 2.82. The molecule has 0 saturated carbocycles. The van der Waals surface area contributed by atoms with Crippen LogP contribution in [0.15, 0.2) is 42.5 Å². The minimum Gasteiger partial charge on any atom is -0.497 e. The Morgan fingerprint density at radius 2 is 1.79 bits per heavy atom. The van der Waals surface area contributed by atoms with Crippen molar-refractivity contribution in [1.82, 2.24) is 0 Å². The molecule has 6 nitrogen and oxygen atoms in total. The van der Waals surface area contributed by atoms with E-state index >= 15 is 0 Å². The van der Waals surface area contributed by atoms with Crippen molar-refractivity contribution in [2.75, 3.05) is 19.5 Å². The molecule has 0 spiro atoms. The molecule has 0 atom stereocenters. The highest BCUT2D eigenvalue weighted by Crippen LogP contribution is 2.40. The van der Waals surface area contributed by atoms with E-state index in [1.54, 1.807) is 31.4 Å². The van der Waals surface area contributed by atoms with E-state index in [1.807, 2.05) is 32.0 Å². The molecule has 1 heterocycles. The molecule has 7 heteroatoms. The highest BCUT2D eigenvalue weighted by atomic mass is 32.1. The van der Waals surface area contributed by atoms with Crippen LogP contribution in [0.3, 0.4) is 0 Å². The number of anilines is 1. The first kappa shape index (κ1) is 20.7. The van der Waals surface area contributed by atoms with E-state index < -0.39 is 0 Å². The molecular weight excluding hydrogens is 390 g/mol. The number of esters is 1. The monoisotopic (exact) mass is 413 g/mol. The van der Waals surface area contributed by atoms with Crippen LogP contribution in [0, 0.1) is 0 Å². The molecule has 2 aromatic carbocycles. The predicted octanol–water partition coefficient (Wildman–Crippen LogP) is 4.66. The van der Waals surface area contributed by atoms with E-state index in [-0.39, 0.29) is 24.4 Å². The number of hydrogen-bond donors (Lipinski definition) is 1. The normalized spacial score (nSPS) is 10.8. The zero-order chi connectivity index (χ0) is 21.0. The number of ether oxygens (including phenoxy) is 3. The topological polar surface area (TPSA) is 73.9 Å². The van der Waals surface area contributed by atoms with Gasteiger partial charge in [-0.1, -0.05) is 12.1 Å². The summed E-state index contributed by atoms with van der Waals surface area (Å²) in [4.78, 5) is 24.8. The fraction of sp³-hybridized carbons (Fsp3) is 0.273. The molecule has 0 fully saturated rings. The van der Waals surface area contributed by atoms with Crippen molar-refractivity contribution in [2.45, 2.75) is 26.4 Å². The number of amides is 1. The van der Waals surface area contributed by atoms with Gasteiger partial charge in [0.05, 0.1) is 26.7 Å². The van der Waals surface area contributed by atoms with Crippen LogP contribution in [-0.2, 0) is 16.0 Å². The van der Waals surface area contributed by atoms with Gasteiger partial charge in [-0.25, -0.2) is 0 Å². The quantitative estimate of drug-likeness (QED) is 0.570. The lowest BCUT2D eigenvalue weighted by molar-refractivity contribution is -0.139. The van der Waals surface area contributed by atoms with Crippen molar-refractivity contribution >= 4 is 39.0 Å². The number of thiophene rings is 1. The highest BCUT2D eigenvalue weighted by molar-refractivity contribution is 7.21. The van der Waals surface area contributed by atoms with Crippen LogP contribution in [0.25, 0.3) is 10.1 Å². The molecule has 0 aliphatic carbocycles. The summed E-state index contributed by atoms with van der Waals surface area (Å²) >= 11 is 1.37. The molecule has 3 rings (SSSR count). The van der Waals surface area contributed by atoms with Gasteiger partial charge in [-0.15, -0.1) is 11.3 Å². The Kier molecular flexibility index (Phi) is 6.39. The molecule has 1 amide bonds. The maximum atomic E-state index is 13.0. The summed E-state index contributed by atoms with van der Waals surface area (Å²) in [7, 11) is 2.96. The predicted molar refractivity (Wildman–Crippen MR) is 114 cm³/mol. The molecule has 0 unspecified atom stereocenters. The van der Waals surface area contributed by atoms with E-state index in [2.05, 4.69) is 10.1 Å². The summed E-state index contributed by atoms with van der Waals surface area (Å²) in [5.74, 6) is 0.704. The molecule has 3 aromatic rings. The molecule has 0 aliphatic rings. The molecule has 0 radical (unpaired) electrons. The average molecular weight is 413 g/mol. The van der Waals surface area contributed by atoms with Gasteiger partial charge in [-0.3, -0.25) is 9.59 Å². The summed E-state index contributed by atoms with van der Waals surface area (Å²) in [6.45, 7) is 3.84. The maximum Gasteiger partial charge on any atom is 0.309 e. The second-order valence-electron chi connectivity index (χ2n) is 6.69. The lowest BCUT2D eigenvalue weighted by atomic mass is 10.1. The number of benzene rings is 2. The van der Waals surface area contributed by atoms with Crippen molar-refractivity contribution in [2.24, 2.45) is 0 Å². The Labute approximate surface area is 173 Å². The van der Waals surface area contributed by atoms with Crippen LogP contribution in [0.2, 0.25) is 0 Å². The smallest absolute Gasteiger partial charge is 0.309 e. The lowest BCUT2D eigenvalue weighted by Gasteiger charge is -2.12. The number of methoxy groups -OCH3 is 2. The van der Waals surface area contributed by atoms with Crippen molar-refractivity contribution in [3.63, 3.8) is 0 Å². The van der Waals surface area contributed by atoms with Gasteiger partial charge in [-0.05, 0) is 49.7 Å². The summed E-state index contributed by atoms with van der Waals surface area (Å²) in [6, 6.07) is 12.7. The van der Waals surface area contributed by atoms with Crippen LogP contribution >= 0.6 is 11.3 Å². The van der Waals surface area contributed by atoms with E-state index in [1.165, 1.54) is 18.4 Å². The van der Waals surface area contributed by atoms with Crippen LogP contribution in [0.1, 0.15) is 29.1 Å². The number of rotatable bonds is 7. The summed E-state index contributed by atoms with van der Waals surface area (Å²) in [6.07, 6.45) is 0.109. The Morgan fingerprint density at radius 3 is 2.41 bits per heavy atom. The van der Waals surface area contributed by atoms with E-state index in [0.29, 0.717) is 22.1 Å². The Balaban J connectivity index is 1.87. The SMILES string of the molecule is COC(=O)Cc1ccc(NC(=O)c2sc3ccc(OC)cc3c2OC(C)C)cc1. The summed E-state index contributed by atoms with van der Waals surface area (Å²) in [5, 5.41) is 3.75. The number of carbonyl (C=O) groups excluding carboxylic acids is 2. The molecular formula is C22H23NO5S. The average Bonchev–Trinajstić information content (AvgIpc) is 3.06. The van der Waals surface area contributed by atoms with Gasteiger partial charge in [0.1, 0.15) is 10.6 Å². The van der Waals surface area contributed by atoms with E-state index in [0.717, 1.165) is 15.6 Å². The molecule has 152 valence electrons. The number of hydrogen-bond acceptors (Lipinski definition) is 6. The summed E-state index contributed by atoms with van der Waals surface area (Å²) in [5.41, 5.74) is 1.45. The third-order valence-corrected chi connectivity index (χ3v) is 5.35. The standard InChI is InChI=1S/C22H23NO5S/c1-13(2)28-20-17-12-16(26-3)9-10-18(17)29-21(20)22(25)23-15-7-5-14(6-8-15)11-19(24)27-4/h5-10,12-13H,11H2,1-4H3,(H,23,25). The van der Waals surface area contributed by atoms with Gasteiger partial charge in [0.25, 0.3) is 5.91 Å². The molecule has 1 aromatic heterocycles. The number of carbonyl (C=O) groups is 2. The third kappa shape index (κ3) is 4.86. The van der Waals surface area contributed by atoms with Gasteiger partial charge < -0.3 is 19.5 Å². The van der Waals surface area contributed by atoms with Gasteiger partial charge in [-0.2, -0.15) is 0 Å². The van der Waals surface area contributed by atoms with Crippen LogP contribution in [-0.4, -0.2) is 32.2 Å². The highest BCUT2D eigenvalue weighted by Gasteiger charge is 2.21. The van der Waals surface area contributed by atoms with Gasteiger partial charge in [0, 0.05) is 15.8 Å². The van der Waals surface area contributed by atoms with Gasteiger partial charge in [0.15, 0.2) is 5.75 Å². The minimum absolute atomic E-state index is 0.0804. The second kappa shape index (κ2) is 8.96. The first-order valence-corrected chi connectivity index (χ1v) is 9.97. The van der Waals surface area contributed by atoms with Crippen LogP contribution in [0.4, 0.5) is 5.69 Å². The fourth-order valence-corrected chi connectivity index (χ4v) is 3.83. The minimum atomic E-state index is -0.307. The van der Waals surface area contributed by atoms with Gasteiger partial charge in [0.2, 0.25) is 0 Å². The first-order valence-electron chi connectivity index (χ1n) is 9.15. The molecule has 29 heavy (non-hydrogen) atoms. The number of fused-ring (bicyclic) bond motifs is 1. The lowest BCUT2D eigenvalue weighted by Crippen LogP contribution is -2.14. The van der Waals surface area contributed by atoms with Gasteiger partial charge >= 0.3 is 5.97 Å². The van der Waals surface area contributed by atoms with Crippen molar-refractivity contribution in [3.8, 4) is 11.5 Å². The van der Waals surface area contributed by atoms with Crippen molar-refractivity contribution < 1.29 is 23.8 Å². The first-order chi connectivity index (χ1) is 13.9. The Morgan fingerprint density at radius 1 is 1.07 bits per heavy atom. The van der Waals surface area contributed by atoms with E-state index in [4.69, 9.17) is 9.47 Å². The number of nitrogens with one attached hydrogen (secondary N) is 1. The Bertz CT molecular complexity index is 1020. The van der Waals surface area contributed by atoms with Crippen LogP contribution in [0.5, 0.6) is 11.5 Å². The molecule has 0 bridgehead atoms. The third-order valence-electron chi connectivity index (χ3n) is 4.20. The molecule has 0 saturated heterocycles. The molecule has 0 aliphatic heterocycles. The largest absolute Gasteiger partial charge is 0.497 e. The zero-order valence-electron chi connectivity index (χ0n) is 16.8. The zero-order valence-corrected chi connectivity index (χ0v) is 17.6. The molecule has 1 N–H and O–H groups in total. The second-order valence-corrected chi connectivity index (χ2v) is 7.75. The van der Waals surface area contributed by atoms with Crippen LogP contribution < -0.4 is 14.8 Å². The van der Waals surface area contributed by atoms with Crippen molar-refractivity contribution in [1.29, 1.82) is 0 Å². The maximum absolute atomic E-state index is 13.0. The summed E-state index contributed by atoms with van der Waals surface area (Å²) < 4.78 is 16.9.